The van der Waals surface area contributed by atoms with Gasteiger partial charge in [0.1, 0.15) is 17.8 Å². The van der Waals surface area contributed by atoms with Crippen LogP contribution in [-0.2, 0) is 11.2 Å². The van der Waals surface area contributed by atoms with Crippen LogP contribution in [0.4, 0.5) is 9.59 Å². The number of alkyl carbamates (subject to hydrolysis) is 1. The maximum Gasteiger partial charge on any atom is 0.407 e. The minimum Gasteiger partial charge on any atom is -0.465 e. The van der Waals surface area contributed by atoms with Crippen molar-refractivity contribution in [3.8, 4) is 73.8 Å². The monoisotopic (exact) mass is 920 g/mol. The molecule has 1 aliphatic heterocycles. The van der Waals surface area contributed by atoms with Gasteiger partial charge in [-0.1, -0.05) is 65.0 Å². The number of aromatic nitrogens is 8. The van der Waals surface area contributed by atoms with Gasteiger partial charge in [-0.25, -0.2) is 24.2 Å². The van der Waals surface area contributed by atoms with Crippen LogP contribution in [0, 0.1) is 11.8 Å². The van der Waals surface area contributed by atoms with Crippen molar-refractivity contribution in [3.63, 3.8) is 0 Å². The highest BCUT2D eigenvalue weighted by atomic mass is 32.1. The summed E-state index contributed by atoms with van der Waals surface area (Å²) in [6.07, 6.45) is 5.09. The van der Waals surface area contributed by atoms with Crippen LogP contribution in [0.25, 0.3) is 68.1 Å². The first-order valence-electron chi connectivity index (χ1n) is 21.8. The number of carbonyl (C=O) groups is 4. The van der Waals surface area contributed by atoms with Crippen LogP contribution >= 0.6 is 11.3 Å². The maximum absolute atomic E-state index is 13.6. The molecule has 8 aromatic rings. The molecule has 67 heavy (non-hydrogen) atoms. The molecule has 0 unspecified atom stereocenters. The Morgan fingerprint density at radius 2 is 1.34 bits per heavy atom. The lowest BCUT2D eigenvalue weighted by Gasteiger charge is -2.27. The molecule has 2 amide bonds. The number of carboxylic acid groups (broad SMARTS) is 1. The fourth-order valence-electron chi connectivity index (χ4n) is 8.17. The van der Waals surface area contributed by atoms with Gasteiger partial charge >= 0.3 is 12.2 Å². The number of nitrogens with one attached hydrogen (secondary N) is 4. The number of ether oxygens (including phenoxy) is 2. The van der Waals surface area contributed by atoms with E-state index < -0.39 is 36.4 Å². The Bertz CT molecular complexity index is 3130. The predicted molar refractivity (Wildman–Crippen MR) is 253 cm³/mol. The van der Waals surface area contributed by atoms with Crippen molar-refractivity contribution in [2.24, 2.45) is 11.8 Å². The highest BCUT2D eigenvalue weighted by Gasteiger charge is 2.32. The molecular weight excluding hydrogens is 873 g/mol. The van der Waals surface area contributed by atoms with E-state index >= 15 is 0 Å². The van der Waals surface area contributed by atoms with Gasteiger partial charge in [0.05, 0.1) is 58.5 Å². The fraction of sp³-hybridized carbons (Fsp3) is 0.245. The van der Waals surface area contributed by atoms with Crippen LogP contribution in [0.5, 0.6) is 5.75 Å². The number of rotatable bonds is 13. The zero-order valence-electron chi connectivity index (χ0n) is 37.5. The molecule has 17 nitrogen and oxygen atoms in total. The topological polar surface area (TPSA) is 216 Å². The molecule has 5 N–H and O–H groups in total. The van der Waals surface area contributed by atoms with Crippen molar-refractivity contribution in [2.45, 2.75) is 59.4 Å². The summed E-state index contributed by atoms with van der Waals surface area (Å²) in [6, 6.07) is 25.5. The Balaban J connectivity index is 0.991. The number of thiophene rings is 1. The van der Waals surface area contributed by atoms with Gasteiger partial charge in [0.15, 0.2) is 11.6 Å². The number of aromatic amines is 2. The van der Waals surface area contributed by atoms with Gasteiger partial charge in [-0.05, 0) is 78.4 Å². The van der Waals surface area contributed by atoms with Crippen molar-refractivity contribution >= 4 is 35.3 Å². The first kappa shape index (κ1) is 44.2. The predicted octanol–water partition coefficient (Wildman–Crippen LogP) is 9.45. The van der Waals surface area contributed by atoms with Crippen LogP contribution in [0.15, 0.2) is 110 Å². The Labute approximate surface area is 388 Å². The molecule has 2 aromatic carbocycles. The normalized spacial score (nSPS) is 14.0. The van der Waals surface area contributed by atoms with Crippen molar-refractivity contribution in [1.82, 2.24) is 49.5 Å². The van der Waals surface area contributed by atoms with E-state index in [1.165, 1.54) is 21.1 Å². The van der Waals surface area contributed by atoms with Gasteiger partial charge in [0.2, 0.25) is 6.23 Å². The van der Waals surface area contributed by atoms with Gasteiger partial charge in [-0.15, -0.1) is 11.3 Å². The summed E-state index contributed by atoms with van der Waals surface area (Å²) < 4.78 is 16.4. The molecule has 342 valence electrons. The lowest BCUT2D eigenvalue weighted by molar-refractivity contribution is 0.0818. The van der Waals surface area contributed by atoms with E-state index in [2.05, 4.69) is 55.7 Å². The maximum atomic E-state index is 13.6. The van der Waals surface area contributed by atoms with E-state index in [0.29, 0.717) is 34.5 Å². The third-order valence-electron chi connectivity index (χ3n) is 11.7. The second-order valence-electron chi connectivity index (χ2n) is 16.8. The van der Waals surface area contributed by atoms with Crippen molar-refractivity contribution in [2.75, 3.05) is 7.11 Å². The molecule has 0 fully saturated rings. The SMILES string of the molecule is CCc1ccc([C@@H]2Oc3cc(-c4cnc(-c5cccn5C(=O)[C@@H](NC(=O)O)C(C)C)[nH]4)ccc3-c3cc(-c4ccc(-c5cnc(-c6cccn6C(=O)[C@@H](NC(=O)OC)C(C)C)[nH]5)cc4)nn32)s1. The van der Waals surface area contributed by atoms with Gasteiger partial charge in [0.25, 0.3) is 11.8 Å². The van der Waals surface area contributed by atoms with Gasteiger partial charge in [0, 0.05) is 34.0 Å². The lowest BCUT2D eigenvalue weighted by atomic mass is 10.0. The van der Waals surface area contributed by atoms with E-state index in [0.717, 1.165) is 50.6 Å². The summed E-state index contributed by atoms with van der Waals surface area (Å²) in [5, 5.41) is 19.5. The van der Waals surface area contributed by atoms with E-state index in [1.807, 2.05) is 61.0 Å². The molecule has 0 saturated heterocycles. The van der Waals surface area contributed by atoms with E-state index in [4.69, 9.17) is 14.6 Å². The average molecular weight is 921 g/mol. The standard InChI is InChI=1S/C49H48N10O7S/c1-7-31-17-19-40(67-31)47-59-38(32-18-16-30(22-39(32)66-47)35-25-51-44(53-35)37-11-8-20-57(37)45(60)41(26(2)3)54-48(62)63)23-33(56-59)28-12-14-29(15-13-28)34-24-50-43(52-34)36-10-9-21-58(36)46(61)42(27(4)5)55-49(64)65-6/h8-27,41-42,47,54H,7H2,1-6H3,(H,50,52)(H,51,53)(H,55,64)(H,62,63)/t41-,42-,47-/m0/s1. The molecule has 0 spiro atoms. The van der Waals surface area contributed by atoms with Crippen molar-refractivity contribution in [3.05, 3.63) is 119 Å². The van der Waals surface area contributed by atoms with E-state index in [-0.39, 0.29) is 17.7 Å². The van der Waals surface area contributed by atoms with Gasteiger partial charge in [-0.2, -0.15) is 5.10 Å². The number of hydrogen-bond acceptors (Lipinski definition) is 10. The molecule has 3 atom stereocenters. The number of fused-ring (bicyclic) bond motifs is 3. The molecule has 0 saturated carbocycles. The highest BCUT2D eigenvalue weighted by Crippen LogP contribution is 2.45. The van der Waals surface area contributed by atoms with Gasteiger partial charge < -0.3 is 35.2 Å². The Kier molecular flexibility index (Phi) is 12.0. The second-order valence-corrected chi connectivity index (χ2v) is 18.0. The van der Waals surface area contributed by atoms with Crippen LogP contribution in [0.1, 0.15) is 60.2 Å². The summed E-state index contributed by atoms with van der Waals surface area (Å²) in [5.74, 6) is 0.419. The first-order valence-corrected chi connectivity index (χ1v) is 22.6. The van der Waals surface area contributed by atoms with Crippen LogP contribution in [0.2, 0.25) is 0 Å². The number of hydrogen-bond donors (Lipinski definition) is 5. The number of methoxy groups -OCH3 is 1. The summed E-state index contributed by atoms with van der Waals surface area (Å²) in [6.45, 7) is 9.40. The molecule has 9 rings (SSSR count). The number of amides is 2. The zero-order chi connectivity index (χ0) is 47.1. The van der Waals surface area contributed by atoms with Gasteiger partial charge in [-0.3, -0.25) is 18.7 Å². The molecule has 0 aliphatic carbocycles. The molecule has 18 heteroatoms. The number of carbonyl (C=O) groups excluding carboxylic acids is 3. The zero-order valence-corrected chi connectivity index (χ0v) is 38.3. The fourth-order valence-corrected chi connectivity index (χ4v) is 9.14. The molecular formula is C49H48N10O7S. The molecule has 0 bridgehead atoms. The van der Waals surface area contributed by atoms with Crippen LogP contribution < -0.4 is 15.4 Å². The number of aryl methyl sites for hydroxylation is 1. The Morgan fingerprint density at radius 3 is 1.91 bits per heavy atom. The second kappa shape index (κ2) is 18.1. The largest absolute Gasteiger partial charge is 0.465 e. The molecule has 1 aliphatic rings. The quantitative estimate of drug-likeness (QED) is 0.0738. The van der Waals surface area contributed by atoms with E-state index in [9.17, 15) is 24.3 Å². The Hall–Kier alpha value is -7.99. The summed E-state index contributed by atoms with van der Waals surface area (Å²) in [5.41, 5.74) is 7.60. The number of H-pyrrole nitrogens is 2. The summed E-state index contributed by atoms with van der Waals surface area (Å²) in [7, 11) is 1.26. The average Bonchev–Trinajstić information content (AvgIpc) is 4.18. The molecule has 6 aromatic heterocycles. The smallest absolute Gasteiger partial charge is 0.407 e. The van der Waals surface area contributed by atoms with Crippen LogP contribution in [0.3, 0.4) is 0 Å². The molecule has 7 heterocycles. The Morgan fingerprint density at radius 1 is 0.761 bits per heavy atom. The van der Waals surface area contributed by atoms with Crippen molar-refractivity contribution in [1.29, 1.82) is 0 Å². The van der Waals surface area contributed by atoms with Crippen molar-refractivity contribution < 1.29 is 33.8 Å². The minimum atomic E-state index is -1.27. The highest BCUT2D eigenvalue weighted by molar-refractivity contribution is 7.12. The summed E-state index contributed by atoms with van der Waals surface area (Å²) >= 11 is 1.68. The van der Waals surface area contributed by atoms with Crippen LogP contribution in [-0.4, -0.2) is 87.2 Å². The third-order valence-corrected chi connectivity index (χ3v) is 13.0. The number of nitrogens with zero attached hydrogens (tertiary/aromatic N) is 6. The number of benzene rings is 2. The minimum absolute atomic E-state index is 0.190. The number of imidazole rings is 2. The molecule has 0 radical (unpaired) electrons. The lowest BCUT2D eigenvalue weighted by Crippen LogP contribution is -2.46. The third kappa shape index (κ3) is 8.54. The summed E-state index contributed by atoms with van der Waals surface area (Å²) in [4.78, 5) is 68.8. The van der Waals surface area contributed by atoms with E-state index in [1.54, 1.807) is 74.2 Å². The first-order chi connectivity index (χ1) is 32.3.